The van der Waals surface area contributed by atoms with E-state index in [1.165, 1.54) is 7.05 Å². The monoisotopic (exact) mass is 460 g/mol. The van der Waals surface area contributed by atoms with Crippen molar-refractivity contribution in [2.45, 2.75) is 26.7 Å². The van der Waals surface area contributed by atoms with Crippen LogP contribution in [0.3, 0.4) is 0 Å². The first kappa shape index (κ1) is 22.8. The number of amides is 1. The summed E-state index contributed by atoms with van der Waals surface area (Å²) < 4.78 is 7.33. The molecule has 0 aliphatic carbocycles. The van der Waals surface area contributed by atoms with Crippen molar-refractivity contribution in [3.63, 3.8) is 0 Å². The normalized spacial score (nSPS) is 10.9. The lowest BCUT2D eigenvalue weighted by Gasteiger charge is -2.20. The van der Waals surface area contributed by atoms with Gasteiger partial charge in [0.1, 0.15) is 0 Å². The van der Waals surface area contributed by atoms with E-state index in [-0.39, 0.29) is 36.2 Å². The first-order valence-electron chi connectivity index (χ1n) is 10.8. The summed E-state index contributed by atoms with van der Waals surface area (Å²) in [5.41, 5.74) is 0.983. The van der Waals surface area contributed by atoms with Crippen molar-refractivity contribution in [2.75, 3.05) is 11.4 Å². The Bertz CT molecular complexity index is 1420. The van der Waals surface area contributed by atoms with Crippen molar-refractivity contribution in [2.24, 2.45) is 7.05 Å². The summed E-state index contributed by atoms with van der Waals surface area (Å²) in [7, 11) is 1.36. The number of nitrogens with zero attached hydrogens (tertiary/aromatic N) is 6. The van der Waals surface area contributed by atoms with Crippen LogP contribution in [-0.4, -0.2) is 36.9 Å². The molecule has 174 valence electrons. The topological polar surface area (TPSA) is 116 Å². The summed E-state index contributed by atoms with van der Waals surface area (Å²) >= 11 is 0. The fourth-order valence-electron chi connectivity index (χ4n) is 3.48. The SMILES string of the molecule is CCN(C(=O)CCc1nc(-c2nn(-c3ccc(C)cc3)c(=O)n(C)c2=O)no1)c1ccccc1. The molecule has 0 fully saturated rings. The molecule has 4 aromatic rings. The van der Waals surface area contributed by atoms with E-state index in [0.29, 0.717) is 12.2 Å². The van der Waals surface area contributed by atoms with Gasteiger partial charge in [-0.15, -0.1) is 0 Å². The number of rotatable bonds is 7. The van der Waals surface area contributed by atoms with Gasteiger partial charge in [0.2, 0.25) is 17.6 Å². The molecule has 1 amide bonds. The number of aryl methyl sites for hydroxylation is 2. The number of hydrogen-bond donors (Lipinski definition) is 0. The van der Waals surface area contributed by atoms with Crippen LogP contribution >= 0.6 is 0 Å². The van der Waals surface area contributed by atoms with E-state index in [9.17, 15) is 14.4 Å². The average molecular weight is 460 g/mol. The Morgan fingerprint density at radius 2 is 1.76 bits per heavy atom. The molecule has 10 heteroatoms. The van der Waals surface area contributed by atoms with Crippen molar-refractivity contribution in [1.29, 1.82) is 0 Å². The second kappa shape index (κ2) is 9.65. The van der Waals surface area contributed by atoms with E-state index >= 15 is 0 Å². The smallest absolute Gasteiger partial charge is 0.339 e. The Balaban J connectivity index is 1.57. The van der Waals surface area contributed by atoms with E-state index in [1.807, 2.05) is 56.3 Å². The van der Waals surface area contributed by atoms with Crippen molar-refractivity contribution in [1.82, 2.24) is 24.5 Å². The highest BCUT2D eigenvalue weighted by molar-refractivity contribution is 5.93. The number of benzene rings is 2. The van der Waals surface area contributed by atoms with E-state index < -0.39 is 11.2 Å². The fraction of sp³-hybridized carbons (Fsp3) is 0.250. The second-order valence-corrected chi connectivity index (χ2v) is 7.73. The highest BCUT2D eigenvalue weighted by Crippen LogP contribution is 2.16. The van der Waals surface area contributed by atoms with Crippen LogP contribution < -0.4 is 16.1 Å². The maximum atomic E-state index is 12.7. The number of anilines is 1. The Labute approximate surface area is 195 Å². The quantitative estimate of drug-likeness (QED) is 0.415. The van der Waals surface area contributed by atoms with Gasteiger partial charge in [0.05, 0.1) is 5.69 Å². The van der Waals surface area contributed by atoms with Crippen LogP contribution in [-0.2, 0) is 18.3 Å². The number of carbonyl (C=O) groups is 1. The highest BCUT2D eigenvalue weighted by atomic mass is 16.5. The van der Waals surface area contributed by atoms with E-state index in [4.69, 9.17) is 4.52 Å². The fourth-order valence-corrected chi connectivity index (χ4v) is 3.48. The molecule has 10 nitrogen and oxygen atoms in total. The van der Waals surface area contributed by atoms with E-state index in [1.54, 1.807) is 17.0 Å². The van der Waals surface area contributed by atoms with Gasteiger partial charge >= 0.3 is 5.69 Å². The second-order valence-electron chi connectivity index (χ2n) is 7.73. The summed E-state index contributed by atoms with van der Waals surface area (Å²) in [6.07, 6.45) is 0.353. The van der Waals surface area contributed by atoms with E-state index in [0.717, 1.165) is 20.5 Å². The van der Waals surface area contributed by atoms with Crippen LogP contribution in [0.2, 0.25) is 0 Å². The third kappa shape index (κ3) is 4.56. The lowest BCUT2D eigenvalue weighted by molar-refractivity contribution is -0.118. The summed E-state index contributed by atoms with van der Waals surface area (Å²) in [4.78, 5) is 43.9. The zero-order chi connectivity index (χ0) is 24.2. The minimum absolute atomic E-state index is 0.0423. The van der Waals surface area contributed by atoms with Gasteiger partial charge in [-0.3, -0.25) is 14.2 Å². The molecule has 2 aromatic carbocycles. The third-order valence-electron chi connectivity index (χ3n) is 5.37. The van der Waals surface area contributed by atoms with Crippen molar-refractivity contribution < 1.29 is 9.32 Å². The van der Waals surface area contributed by atoms with E-state index in [2.05, 4.69) is 15.2 Å². The number of carbonyl (C=O) groups excluding carboxylic acids is 1. The lowest BCUT2D eigenvalue weighted by atomic mass is 10.2. The molecule has 0 aliphatic heterocycles. The van der Waals surface area contributed by atoms with Crippen molar-refractivity contribution in [3.8, 4) is 17.2 Å². The predicted molar refractivity (Wildman–Crippen MR) is 126 cm³/mol. The molecule has 34 heavy (non-hydrogen) atoms. The number of aromatic nitrogens is 5. The maximum Gasteiger partial charge on any atom is 0.351 e. The molecule has 0 N–H and O–H groups in total. The standard InChI is InChI=1S/C24H24N6O4/c1-4-29(17-8-6-5-7-9-17)20(31)15-14-19-25-22(27-34-19)21-23(32)28(3)24(33)30(26-21)18-12-10-16(2)11-13-18/h5-13H,4,14-15H2,1-3H3. The molecule has 2 aromatic heterocycles. The molecule has 0 unspecified atom stereocenters. The Morgan fingerprint density at radius 3 is 2.44 bits per heavy atom. The molecule has 0 saturated carbocycles. The number of para-hydroxylation sites is 1. The molecule has 0 atom stereocenters. The van der Waals surface area contributed by atoms with Crippen molar-refractivity contribution >= 4 is 11.6 Å². The van der Waals surface area contributed by atoms with Gasteiger partial charge in [-0.25, -0.2) is 4.79 Å². The number of hydrogen-bond acceptors (Lipinski definition) is 7. The average Bonchev–Trinajstić information content (AvgIpc) is 3.32. The van der Waals surface area contributed by atoms with Crippen LogP contribution in [0.25, 0.3) is 17.2 Å². The molecule has 0 saturated heterocycles. The Kier molecular flexibility index (Phi) is 6.48. The van der Waals surface area contributed by atoms with Crippen molar-refractivity contribution in [3.05, 3.63) is 86.9 Å². The van der Waals surface area contributed by atoms with Gasteiger partial charge in [0, 0.05) is 32.1 Å². The lowest BCUT2D eigenvalue weighted by Crippen LogP contribution is -2.40. The summed E-state index contributed by atoms with van der Waals surface area (Å²) in [6, 6.07) is 16.5. The van der Waals surface area contributed by atoms with Crippen LogP contribution in [0.1, 0.15) is 24.8 Å². The summed E-state index contributed by atoms with van der Waals surface area (Å²) in [6.45, 7) is 4.36. The Hall–Kier alpha value is -4.34. The molecule has 4 rings (SSSR count). The molecule has 0 aliphatic rings. The minimum Gasteiger partial charge on any atom is -0.339 e. The molecule has 0 radical (unpaired) electrons. The van der Waals surface area contributed by atoms with Gasteiger partial charge in [-0.2, -0.15) is 14.8 Å². The third-order valence-corrected chi connectivity index (χ3v) is 5.37. The molecular weight excluding hydrogens is 436 g/mol. The highest BCUT2D eigenvalue weighted by Gasteiger charge is 2.20. The van der Waals surface area contributed by atoms with Gasteiger partial charge in [0.25, 0.3) is 5.56 Å². The van der Waals surface area contributed by atoms with Crippen LogP contribution in [0.4, 0.5) is 5.69 Å². The van der Waals surface area contributed by atoms with Crippen LogP contribution in [0, 0.1) is 6.92 Å². The zero-order valence-corrected chi connectivity index (χ0v) is 19.1. The Morgan fingerprint density at radius 1 is 1.06 bits per heavy atom. The zero-order valence-electron chi connectivity index (χ0n) is 19.1. The van der Waals surface area contributed by atoms with Gasteiger partial charge in [0.15, 0.2) is 5.69 Å². The van der Waals surface area contributed by atoms with Gasteiger partial charge in [-0.05, 0) is 38.1 Å². The molecule has 0 bridgehead atoms. The summed E-state index contributed by atoms with van der Waals surface area (Å²) in [5.74, 6) is 0.0686. The molecule has 0 spiro atoms. The summed E-state index contributed by atoms with van der Waals surface area (Å²) in [5, 5.41) is 8.07. The maximum absolute atomic E-state index is 12.7. The minimum atomic E-state index is -0.641. The largest absolute Gasteiger partial charge is 0.351 e. The van der Waals surface area contributed by atoms with Gasteiger partial charge < -0.3 is 9.42 Å². The molecule has 2 heterocycles. The first-order chi connectivity index (χ1) is 16.4. The predicted octanol–water partition coefficient (Wildman–Crippen LogP) is 2.28. The van der Waals surface area contributed by atoms with Gasteiger partial charge in [-0.1, -0.05) is 41.1 Å². The van der Waals surface area contributed by atoms with Crippen LogP contribution in [0.15, 0.2) is 68.7 Å². The van der Waals surface area contributed by atoms with Crippen LogP contribution in [0.5, 0.6) is 0 Å². The molecular formula is C24H24N6O4. The first-order valence-corrected chi connectivity index (χ1v) is 10.8.